The minimum atomic E-state index is -4.00. The molecule has 0 spiro atoms. The van der Waals surface area contributed by atoms with Crippen LogP contribution in [0.5, 0.6) is 0 Å². The topological polar surface area (TPSA) is 81.7 Å². The highest BCUT2D eigenvalue weighted by Gasteiger charge is 2.19. The van der Waals surface area contributed by atoms with E-state index in [2.05, 4.69) is 20.5 Å². The lowest BCUT2D eigenvalue weighted by Crippen LogP contribution is -2.27. The Morgan fingerprint density at radius 1 is 0.971 bits per heavy atom. The maximum absolute atomic E-state index is 13.0. The molecule has 2 heterocycles. The van der Waals surface area contributed by atoms with Gasteiger partial charge in [0, 0.05) is 28.1 Å². The summed E-state index contributed by atoms with van der Waals surface area (Å²) in [4.78, 5) is 17.7. The van der Waals surface area contributed by atoms with Crippen molar-refractivity contribution in [1.29, 1.82) is 0 Å². The number of aromatic nitrogens is 4. The highest BCUT2D eigenvalue weighted by atomic mass is 35.5. The van der Waals surface area contributed by atoms with Crippen molar-refractivity contribution in [2.75, 3.05) is 7.11 Å². The fourth-order valence-electron chi connectivity index (χ4n) is 3.10. The van der Waals surface area contributed by atoms with Crippen LogP contribution in [-0.4, -0.2) is 38.8 Å². The zero-order valence-electron chi connectivity index (χ0n) is 18.6. The van der Waals surface area contributed by atoms with E-state index < -0.39 is 11.7 Å². The van der Waals surface area contributed by atoms with Crippen molar-refractivity contribution < 1.29 is 18.0 Å². The Bertz CT molecular complexity index is 1420. The molecule has 0 saturated carbocycles. The van der Waals surface area contributed by atoms with E-state index in [9.17, 15) is 18.0 Å². The van der Waals surface area contributed by atoms with Gasteiger partial charge in [-0.05, 0) is 42.3 Å². The quantitative estimate of drug-likeness (QED) is 0.239. The second-order valence-corrected chi connectivity index (χ2v) is 8.05. The van der Waals surface area contributed by atoms with Gasteiger partial charge >= 0.3 is 11.7 Å². The summed E-state index contributed by atoms with van der Waals surface area (Å²) < 4.78 is 32.3. The summed E-state index contributed by atoms with van der Waals surface area (Å²) in [6.45, 7) is 1.80. The van der Waals surface area contributed by atoms with Gasteiger partial charge in [0.2, 0.25) is 0 Å². The molecule has 2 aromatic heterocycles. The molecule has 0 amide bonds. The summed E-state index contributed by atoms with van der Waals surface area (Å²) in [6, 6.07) is 14.6. The van der Waals surface area contributed by atoms with E-state index in [0.717, 1.165) is 16.7 Å². The molecular weight excluding hydrogens is 506 g/mol. The molecule has 0 atom stereocenters. The molecule has 35 heavy (non-hydrogen) atoms. The fraction of sp³-hybridized carbons (Fsp3) is 0.174. The fourth-order valence-corrected chi connectivity index (χ4v) is 3.35. The van der Waals surface area contributed by atoms with Gasteiger partial charge in [0.05, 0.1) is 6.20 Å². The van der Waals surface area contributed by atoms with E-state index in [4.69, 9.17) is 28.0 Å². The van der Waals surface area contributed by atoms with Crippen LogP contribution in [-0.2, 0) is 4.84 Å². The number of fused-ring (bicyclic) bond motifs is 1. The standard InChI is InChI=1S/C21H15Cl2N5O2.C2H3F3/c1-12(27-30-2)19-21(29)28-20(26-25-19)18(14-5-9-16(23)10-6-14)17(11-24-28)13-3-7-15(22)8-4-13;1-2(3,4)5/h3-11H,1-2H3;1H3/b27-12+;. The van der Waals surface area contributed by atoms with E-state index in [1.54, 1.807) is 37.4 Å². The number of hydrogen-bond acceptors (Lipinski definition) is 6. The van der Waals surface area contributed by atoms with Crippen molar-refractivity contribution in [2.45, 2.75) is 20.0 Å². The van der Waals surface area contributed by atoms with Crippen LogP contribution in [0.15, 0.2) is 64.7 Å². The molecule has 4 aromatic rings. The highest BCUT2D eigenvalue weighted by molar-refractivity contribution is 6.31. The molecule has 0 aliphatic rings. The van der Waals surface area contributed by atoms with E-state index in [0.29, 0.717) is 27.0 Å². The Balaban J connectivity index is 0.000000623. The van der Waals surface area contributed by atoms with Crippen molar-refractivity contribution in [1.82, 2.24) is 19.8 Å². The summed E-state index contributed by atoms with van der Waals surface area (Å²) in [6.07, 6.45) is -2.38. The average Bonchev–Trinajstić information content (AvgIpc) is 2.79. The Labute approximate surface area is 207 Å². The number of halogens is 5. The molecule has 0 fully saturated rings. The maximum atomic E-state index is 13.0. The monoisotopic (exact) mass is 523 g/mol. The summed E-state index contributed by atoms with van der Waals surface area (Å²) in [5.74, 6) is 0. The third kappa shape index (κ3) is 6.55. The average molecular weight is 524 g/mol. The van der Waals surface area contributed by atoms with Crippen LogP contribution in [0, 0.1) is 0 Å². The van der Waals surface area contributed by atoms with Gasteiger partial charge in [0.1, 0.15) is 12.8 Å². The maximum Gasteiger partial charge on any atom is 0.386 e. The minimum absolute atomic E-state index is 0.0585. The van der Waals surface area contributed by atoms with Gasteiger partial charge in [-0.1, -0.05) is 52.6 Å². The zero-order valence-corrected chi connectivity index (χ0v) is 20.2. The van der Waals surface area contributed by atoms with Gasteiger partial charge in [-0.2, -0.15) is 22.8 Å². The van der Waals surface area contributed by atoms with Crippen LogP contribution in [0.25, 0.3) is 27.9 Å². The van der Waals surface area contributed by atoms with Gasteiger partial charge in [0.15, 0.2) is 11.3 Å². The number of alkyl halides is 3. The van der Waals surface area contributed by atoms with E-state index in [1.807, 2.05) is 24.3 Å². The smallest absolute Gasteiger partial charge is 0.386 e. The molecule has 0 aliphatic heterocycles. The first-order valence-corrected chi connectivity index (χ1v) is 10.7. The summed E-state index contributed by atoms with van der Waals surface area (Å²) in [5, 5.41) is 17.7. The van der Waals surface area contributed by atoms with E-state index in [-0.39, 0.29) is 12.6 Å². The summed E-state index contributed by atoms with van der Waals surface area (Å²) in [7, 11) is 1.39. The van der Waals surface area contributed by atoms with Crippen molar-refractivity contribution in [3.8, 4) is 22.3 Å². The molecule has 0 N–H and O–H groups in total. The number of oxime groups is 1. The lowest BCUT2D eigenvalue weighted by atomic mass is 9.97. The molecule has 0 saturated heterocycles. The predicted molar refractivity (Wildman–Crippen MR) is 129 cm³/mol. The summed E-state index contributed by atoms with van der Waals surface area (Å²) >= 11 is 12.1. The first kappa shape index (κ1) is 26.1. The van der Waals surface area contributed by atoms with Crippen molar-refractivity contribution in [2.24, 2.45) is 5.16 Å². The molecule has 7 nitrogen and oxygen atoms in total. The van der Waals surface area contributed by atoms with Crippen molar-refractivity contribution in [3.63, 3.8) is 0 Å². The third-order valence-corrected chi connectivity index (χ3v) is 5.00. The molecule has 0 radical (unpaired) electrons. The predicted octanol–water partition coefficient (Wildman–Crippen LogP) is 6.06. The second-order valence-electron chi connectivity index (χ2n) is 7.18. The van der Waals surface area contributed by atoms with Crippen LogP contribution >= 0.6 is 23.2 Å². The van der Waals surface area contributed by atoms with Crippen LogP contribution < -0.4 is 5.56 Å². The lowest BCUT2D eigenvalue weighted by Gasteiger charge is -2.13. The number of nitrogens with zero attached hydrogens (tertiary/aromatic N) is 5. The SMILES string of the molecule is CC(F)(F)F.CO/N=C(\C)c1nnc2c(-c3ccc(Cl)cc3)c(-c3ccc(Cl)cc3)cnn2c1=O. The first-order chi connectivity index (χ1) is 16.5. The van der Waals surface area contributed by atoms with Crippen molar-refractivity contribution in [3.05, 3.63) is 80.8 Å². The van der Waals surface area contributed by atoms with Crippen molar-refractivity contribution >= 4 is 34.6 Å². The third-order valence-electron chi connectivity index (χ3n) is 4.49. The van der Waals surface area contributed by atoms with Crippen LogP contribution in [0.1, 0.15) is 19.5 Å². The van der Waals surface area contributed by atoms with Gasteiger partial charge in [-0.3, -0.25) is 4.79 Å². The lowest BCUT2D eigenvalue weighted by molar-refractivity contribution is -0.110. The molecule has 4 rings (SSSR count). The van der Waals surface area contributed by atoms with Gasteiger partial charge in [0.25, 0.3) is 0 Å². The van der Waals surface area contributed by atoms with Crippen LogP contribution in [0.3, 0.4) is 0 Å². The van der Waals surface area contributed by atoms with E-state index >= 15 is 0 Å². The Kier molecular flexibility index (Phi) is 8.08. The normalized spacial score (nSPS) is 11.7. The molecule has 2 aromatic carbocycles. The van der Waals surface area contributed by atoms with Crippen LogP contribution in [0.4, 0.5) is 13.2 Å². The second kappa shape index (κ2) is 10.8. The van der Waals surface area contributed by atoms with Gasteiger partial charge in [-0.25, -0.2) is 0 Å². The zero-order chi connectivity index (χ0) is 25.8. The molecule has 0 bridgehead atoms. The number of benzene rings is 2. The van der Waals surface area contributed by atoms with E-state index in [1.165, 1.54) is 11.6 Å². The van der Waals surface area contributed by atoms with Gasteiger partial charge < -0.3 is 4.84 Å². The Morgan fingerprint density at radius 3 is 2.00 bits per heavy atom. The highest BCUT2D eigenvalue weighted by Crippen LogP contribution is 2.34. The molecule has 0 unspecified atom stereocenters. The first-order valence-electron chi connectivity index (χ1n) is 9.95. The Hall–Kier alpha value is -3.50. The number of rotatable bonds is 4. The molecular formula is C23H18Cl2F3N5O2. The number of hydrogen-bond donors (Lipinski definition) is 0. The largest absolute Gasteiger partial charge is 0.399 e. The molecule has 182 valence electrons. The minimum Gasteiger partial charge on any atom is -0.399 e. The summed E-state index contributed by atoms with van der Waals surface area (Å²) in [5.41, 5.74) is 3.38. The Morgan fingerprint density at radius 2 is 1.49 bits per heavy atom. The van der Waals surface area contributed by atoms with Gasteiger partial charge in [-0.15, -0.1) is 10.2 Å². The van der Waals surface area contributed by atoms with Crippen LogP contribution in [0.2, 0.25) is 10.0 Å². The molecule has 0 aliphatic carbocycles. The molecule has 12 heteroatoms.